The van der Waals surface area contributed by atoms with Crippen LogP contribution in [0.15, 0.2) is 40.4 Å². The van der Waals surface area contributed by atoms with Crippen LogP contribution in [0.3, 0.4) is 0 Å². The first-order valence-electron chi connectivity index (χ1n) is 6.99. The summed E-state index contributed by atoms with van der Waals surface area (Å²) >= 11 is 1.63. The molecule has 110 valence electrons. The number of hydrogen-bond acceptors (Lipinski definition) is 5. The predicted molar refractivity (Wildman–Crippen MR) is 83.0 cm³/mol. The zero-order valence-corrected chi connectivity index (χ0v) is 12.8. The number of hydrogen-bond donors (Lipinski definition) is 1. The Morgan fingerprint density at radius 1 is 1.19 bits per heavy atom. The number of fused-ring (bicyclic) bond motifs is 1. The van der Waals surface area contributed by atoms with Crippen molar-refractivity contribution in [1.82, 2.24) is 4.98 Å². The number of nitrogens with zero attached hydrogens (tertiary/aromatic N) is 1. The lowest BCUT2D eigenvalue weighted by Gasteiger charge is -2.10. The van der Waals surface area contributed by atoms with Crippen LogP contribution >= 0.6 is 11.8 Å². The maximum absolute atomic E-state index is 5.72. The standard InChI is InChI=1S/C16H18N2O2S/c1-11-7-12(9-17)10-18-16(11)21-13-3-4-14-15(8-13)20-6-2-5-19-14/h3-4,7-8,10H,2,5-6,9,17H2,1H3. The summed E-state index contributed by atoms with van der Waals surface area (Å²) in [5, 5.41) is 0.988. The van der Waals surface area contributed by atoms with Gasteiger partial charge in [0.15, 0.2) is 11.5 Å². The van der Waals surface area contributed by atoms with Crippen LogP contribution in [0, 0.1) is 6.92 Å². The first-order chi connectivity index (χ1) is 10.3. The largest absolute Gasteiger partial charge is 0.490 e. The van der Waals surface area contributed by atoms with E-state index in [0.29, 0.717) is 19.8 Å². The van der Waals surface area contributed by atoms with Crippen molar-refractivity contribution in [2.45, 2.75) is 29.8 Å². The van der Waals surface area contributed by atoms with Gasteiger partial charge in [-0.05, 0) is 36.2 Å². The molecule has 0 saturated carbocycles. The lowest BCUT2D eigenvalue weighted by Crippen LogP contribution is -1.98. The molecule has 4 nitrogen and oxygen atoms in total. The summed E-state index contributed by atoms with van der Waals surface area (Å²) in [6, 6.07) is 8.10. The van der Waals surface area contributed by atoms with Crippen molar-refractivity contribution in [1.29, 1.82) is 0 Å². The first-order valence-corrected chi connectivity index (χ1v) is 7.81. The molecule has 0 amide bonds. The topological polar surface area (TPSA) is 57.4 Å². The number of benzene rings is 1. The fraction of sp³-hybridized carbons (Fsp3) is 0.312. The van der Waals surface area contributed by atoms with Crippen molar-refractivity contribution in [2.75, 3.05) is 13.2 Å². The summed E-state index contributed by atoms with van der Waals surface area (Å²) in [7, 11) is 0. The van der Waals surface area contributed by atoms with E-state index in [1.54, 1.807) is 11.8 Å². The number of nitrogens with two attached hydrogens (primary N) is 1. The van der Waals surface area contributed by atoms with Gasteiger partial charge in [0.25, 0.3) is 0 Å². The predicted octanol–water partition coefficient (Wildman–Crippen LogP) is 3.16. The molecule has 3 rings (SSSR count). The third-order valence-corrected chi connectivity index (χ3v) is 4.37. The molecule has 0 spiro atoms. The van der Waals surface area contributed by atoms with E-state index in [4.69, 9.17) is 15.2 Å². The molecule has 1 aliphatic heterocycles. The van der Waals surface area contributed by atoms with Gasteiger partial charge in [-0.3, -0.25) is 0 Å². The van der Waals surface area contributed by atoms with Crippen LogP contribution in [0.5, 0.6) is 11.5 Å². The second kappa shape index (κ2) is 6.37. The molecule has 0 saturated heterocycles. The second-order valence-electron chi connectivity index (χ2n) is 4.93. The average molecular weight is 302 g/mol. The van der Waals surface area contributed by atoms with Crippen LogP contribution in [-0.2, 0) is 6.54 Å². The summed E-state index contributed by atoms with van der Waals surface area (Å²) in [5.74, 6) is 1.63. The average Bonchev–Trinajstić information content (AvgIpc) is 2.74. The molecule has 0 aliphatic carbocycles. The summed E-state index contributed by atoms with van der Waals surface area (Å²) in [6.07, 6.45) is 2.75. The second-order valence-corrected chi connectivity index (χ2v) is 5.99. The molecule has 0 radical (unpaired) electrons. The lowest BCUT2D eigenvalue weighted by molar-refractivity contribution is 0.297. The molecule has 0 fully saturated rings. The quantitative estimate of drug-likeness (QED) is 0.944. The molecule has 1 aromatic carbocycles. The maximum atomic E-state index is 5.72. The maximum Gasteiger partial charge on any atom is 0.162 e. The Morgan fingerprint density at radius 2 is 2.00 bits per heavy atom. The van der Waals surface area contributed by atoms with Crippen LogP contribution in [0.4, 0.5) is 0 Å². The van der Waals surface area contributed by atoms with Crippen LogP contribution in [0.1, 0.15) is 17.5 Å². The normalized spacial score (nSPS) is 13.8. The Balaban J connectivity index is 1.83. The molecule has 1 aromatic heterocycles. The Hall–Kier alpha value is -1.72. The Morgan fingerprint density at radius 3 is 2.76 bits per heavy atom. The smallest absolute Gasteiger partial charge is 0.162 e. The molecule has 1 aliphatic rings. The van der Waals surface area contributed by atoms with Crippen molar-refractivity contribution >= 4 is 11.8 Å². The van der Waals surface area contributed by atoms with E-state index in [2.05, 4.69) is 18.0 Å². The van der Waals surface area contributed by atoms with Crippen molar-refractivity contribution in [2.24, 2.45) is 5.73 Å². The van der Waals surface area contributed by atoms with Gasteiger partial charge >= 0.3 is 0 Å². The Bertz CT molecular complexity index is 646. The zero-order valence-electron chi connectivity index (χ0n) is 12.0. The highest BCUT2D eigenvalue weighted by molar-refractivity contribution is 7.99. The SMILES string of the molecule is Cc1cc(CN)cnc1Sc1ccc2c(c1)OCCCO2. The van der Waals surface area contributed by atoms with Gasteiger partial charge in [0.05, 0.1) is 13.2 Å². The molecule has 5 heteroatoms. The van der Waals surface area contributed by atoms with Gasteiger partial charge in [-0.25, -0.2) is 4.98 Å². The Kier molecular flexibility index (Phi) is 4.31. The fourth-order valence-electron chi connectivity index (χ4n) is 2.16. The third kappa shape index (κ3) is 3.31. The minimum atomic E-state index is 0.517. The molecule has 0 unspecified atom stereocenters. The lowest BCUT2D eigenvalue weighted by atomic mass is 10.2. The Labute approximate surface area is 128 Å². The summed E-state index contributed by atoms with van der Waals surface area (Å²) in [5.41, 5.74) is 7.82. The minimum absolute atomic E-state index is 0.517. The van der Waals surface area contributed by atoms with Gasteiger partial charge in [0.2, 0.25) is 0 Å². The van der Waals surface area contributed by atoms with Gasteiger partial charge in [-0.15, -0.1) is 0 Å². The van der Waals surface area contributed by atoms with Crippen molar-refractivity contribution in [3.8, 4) is 11.5 Å². The van der Waals surface area contributed by atoms with E-state index in [0.717, 1.165) is 39.0 Å². The third-order valence-electron chi connectivity index (χ3n) is 3.26. The van der Waals surface area contributed by atoms with Gasteiger partial charge < -0.3 is 15.2 Å². The van der Waals surface area contributed by atoms with Crippen molar-refractivity contribution < 1.29 is 9.47 Å². The molecule has 0 bridgehead atoms. The number of aromatic nitrogens is 1. The number of ether oxygens (including phenoxy) is 2. The van der Waals surface area contributed by atoms with Crippen molar-refractivity contribution in [3.63, 3.8) is 0 Å². The monoisotopic (exact) mass is 302 g/mol. The zero-order chi connectivity index (χ0) is 14.7. The highest BCUT2D eigenvalue weighted by Gasteiger charge is 2.12. The van der Waals surface area contributed by atoms with Gasteiger partial charge in [-0.1, -0.05) is 17.8 Å². The first kappa shape index (κ1) is 14.2. The highest BCUT2D eigenvalue weighted by atomic mass is 32.2. The van der Waals surface area contributed by atoms with Gasteiger partial charge in [0, 0.05) is 24.1 Å². The van der Waals surface area contributed by atoms with Crippen LogP contribution in [-0.4, -0.2) is 18.2 Å². The molecule has 21 heavy (non-hydrogen) atoms. The highest BCUT2D eigenvalue weighted by Crippen LogP contribution is 2.36. The molecule has 2 N–H and O–H groups in total. The molecular formula is C16H18N2O2S. The van der Waals surface area contributed by atoms with E-state index in [1.807, 2.05) is 24.4 Å². The summed E-state index contributed by atoms with van der Waals surface area (Å²) in [6.45, 7) is 3.98. The molecule has 2 heterocycles. The van der Waals surface area contributed by atoms with Gasteiger partial charge in [-0.2, -0.15) is 0 Å². The molecular weight excluding hydrogens is 284 g/mol. The molecule has 0 atom stereocenters. The van der Waals surface area contributed by atoms with Crippen LogP contribution < -0.4 is 15.2 Å². The van der Waals surface area contributed by atoms with Crippen LogP contribution in [0.2, 0.25) is 0 Å². The minimum Gasteiger partial charge on any atom is -0.490 e. The van der Waals surface area contributed by atoms with E-state index in [9.17, 15) is 0 Å². The van der Waals surface area contributed by atoms with E-state index < -0.39 is 0 Å². The summed E-state index contributed by atoms with van der Waals surface area (Å²) in [4.78, 5) is 5.58. The number of pyridine rings is 1. The van der Waals surface area contributed by atoms with E-state index in [1.165, 1.54) is 0 Å². The molecule has 2 aromatic rings. The van der Waals surface area contributed by atoms with E-state index >= 15 is 0 Å². The number of rotatable bonds is 3. The number of aryl methyl sites for hydroxylation is 1. The van der Waals surface area contributed by atoms with Gasteiger partial charge in [0.1, 0.15) is 5.03 Å². The fourth-order valence-corrected chi connectivity index (χ4v) is 3.01. The van der Waals surface area contributed by atoms with E-state index in [-0.39, 0.29) is 0 Å². The summed E-state index contributed by atoms with van der Waals surface area (Å²) < 4.78 is 11.4. The van der Waals surface area contributed by atoms with Crippen molar-refractivity contribution in [3.05, 3.63) is 41.6 Å². The van der Waals surface area contributed by atoms with Crippen LogP contribution in [0.25, 0.3) is 0 Å².